The summed E-state index contributed by atoms with van der Waals surface area (Å²) in [4.78, 5) is 11.1. The first-order valence-electron chi connectivity index (χ1n) is 4.16. The lowest BCUT2D eigenvalue weighted by molar-refractivity contribution is -0.129. The van der Waals surface area contributed by atoms with Crippen molar-refractivity contribution in [1.29, 1.82) is 0 Å². The number of aliphatic hydroxyl groups is 1. The van der Waals surface area contributed by atoms with Gasteiger partial charge in [0.05, 0.1) is 0 Å². The van der Waals surface area contributed by atoms with Crippen LogP contribution in [-0.4, -0.2) is 17.0 Å². The fourth-order valence-corrected chi connectivity index (χ4v) is 0.895. The van der Waals surface area contributed by atoms with Gasteiger partial charge in [-0.3, -0.25) is 4.79 Å². The van der Waals surface area contributed by atoms with Crippen molar-refractivity contribution in [3.63, 3.8) is 0 Å². The van der Waals surface area contributed by atoms with E-state index < -0.39 is 6.10 Å². The predicted molar refractivity (Wildman–Crippen MR) is 45.3 cm³/mol. The van der Waals surface area contributed by atoms with E-state index in [4.69, 9.17) is 0 Å². The van der Waals surface area contributed by atoms with E-state index in [0.717, 1.165) is 0 Å². The summed E-state index contributed by atoms with van der Waals surface area (Å²) in [6.45, 7) is 7.65. The molecule has 1 N–H and O–H groups in total. The number of ketones is 1. The topological polar surface area (TPSA) is 37.3 Å². The van der Waals surface area contributed by atoms with Gasteiger partial charge < -0.3 is 5.11 Å². The van der Waals surface area contributed by atoms with E-state index in [9.17, 15) is 9.90 Å². The number of carbonyl (C=O) groups excluding carboxylic acids is 1. The molecular formula is C9H18O2. The molecule has 0 aliphatic carbocycles. The normalized spacial score (nSPS) is 14.1. The molecule has 0 bridgehead atoms. The summed E-state index contributed by atoms with van der Waals surface area (Å²) in [5.74, 6) is 0.354. The molecule has 2 nitrogen and oxygen atoms in total. The molecule has 1 atom stereocenters. The molecule has 0 unspecified atom stereocenters. The second-order valence-electron chi connectivity index (χ2n) is 3.75. The Bertz CT molecular complexity index is 128. The third-order valence-electron chi connectivity index (χ3n) is 1.57. The van der Waals surface area contributed by atoms with E-state index in [1.165, 1.54) is 0 Å². The Balaban J connectivity index is 3.83. The molecule has 0 aromatic heterocycles. The maximum Gasteiger partial charge on any atom is 0.161 e. The van der Waals surface area contributed by atoms with Crippen molar-refractivity contribution in [2.75, 3.05) is 0 Å². The van der Waals surface area contributed by atoms with Crippen LogP contribution in [0.5, 0.6) is 0 Å². The SMILES string of the molecule is CC(C)CC(=O)[C@H](O)C(C)C. The summed E-state index contributed by atoms with van der Waals surface area (Å²) in [5, 5.41) is 9.29. The average molecular weight is 158 g/mol. The largest absolute Gasteiger partial charge is 0.385 e. The van der Waals surface area contributed by atoms with Gasteiger partial charge in [0.15, 0.2) is 5.78 Å². The highest BCUT2D eigenvalue weighted by molar-refractivity contribution is 5.83. The van der Waals surface area contributed by atoms with Crippen molar-refractivity contribution >= 4 is 5.78 Å². The molecule has 66 valence electrons. The van der Waals surface area contributed by atoms with Crippen LogP contribution in [0, 0.1) is 11.8 Å². The molecule has 0 rings (SSSR count). The lowest BCUT2D eigenvalue weighted by Gasteiger charge is -2.13. The van der Waals surface area contributed by atoms with Crippen LogP contribution in [0.4, 0.5) is 0 Å². The van der Waals surface area contributed by atoms with Gasteiger partial charge in [0, 0.05) is 6.42 Å². The van der Waals surface area contributed by atoms with Crippen LogP contribution in [0.3, 0.4) is 0 Å². The monoisotopic (exact) mass is 158 g/mol. The van der Waals surface area contributed by atoms with Crippen molar-refractivity contribution in [3.05, 3.63) is 0 Å². The van der Waals surface area contributed by atoms with Crippen molar-refractivity contribution in [3.8, 4) is 0 Å². The van der Waals surface area contributed by atoms with E-state index in [1.807, 2.05) is 27.7 Å². The summed E-state index contributed by atoms with van der Waals surface area (Å²) >= 11 is 0. The number of Topliss-reactive ketones (excluding diaryl/α,β-unsaturated/α-hetero) is 1. The zero-order valence-corrected chi connectivity index (χ0v) is 7.79. The lowest BCUT2D eigenvalue weighted by atomic mass is 9.97. The van der Waals surface area contributed by atoms with Crippen molar-refractivity contribution in [1.82, 2.24) is 0 Å². The maximum atomic E-state index is 11.1. The van der Waals surface area contributed by atoms with Crippen LogP contribution < -0.4 is 0 Å². The molecule has 0 aliphatic rings. The Morgan fingerprint density at radius 3 is 2.00 bits per heavy atom. The molecule has 0 saturated heterocycles. The van der Waals surface area contributed by atoms with Crippen molar-refractivity contribution in [2.24, 2.45) is 11.8 Å². The van der Waals surface area contributed by atoms with Crippen molar-refractivity contribution in [2.45, 2.75) is 40.2 Å². The number of rotatable bonds is 4. The Hall–Kier alpha value is -0.370. The minimum atomic E-state index is -0.766. The standard InChI is InChI=1S/C9H18O2/c1-6(2)5-8(10)9(11)7(3)4/h6-7,9,11H,5H2,1-4H3/t9-/m1/s1. The minimum Gasteiger partial charge on any atom is -0.385 e. The van der Waals surface area contributed by atoms with Crippen molar-refractivity contribution < 1.29 is 9.90 Å². The molecule has 0 aromatic rings. The molecule has 0 aromatic carbocycles. The molecule has 0 heterocycles. The second-order valence-corrected chi connectivity index (χ2v) is 3.75. The Labute approximate surface area is 68.6 Å². The van der Waals surface area contributed by atoms with Gasteiger partial charge in [-0.05, 0) is 11.8 Å². The molecular weight excluding hydrogens is 140 g/mol. The zero-order chi connectivity index (χ0) is 9.02. The van der Waals surface area contributed by atoms with Crippen LogP contribution >= 0.6 is 0 Å². The fourth-order valence-electron chi connectivity index (χ4n) is 0.895. The van der Waals surface area contributed by atoms with Gasteiger partial charge in [0.25, 0.3) is 0 Å². The smallest absolute Gasteiger partial charge is 0.161 e. The second kappa shape index (κ2) is 4.50. The maximum absolute atomic E-state index is 11.1. The van der Waals surface area contributed by atoms with Gasteiger partial charge in [-0.15, -0.1) is 0 Å². The van der Waals surface area contributed by atoms with Crippen LogP contribution in [0.25, 0.3) is 0 Å². The Morgan fingerprint density at radius 2 is 1.73 bits per heavy atom. The summed E-state index contributed by atoms with van der Waals surface area (Å²) in [5.41, 5.74) is 0. The first-order valence-corrected chi connectivity index (χ1v) is 4.16. The summed E-state index contributed by atoms with van der Waals surface area (Å²) < 4.78 is 0. The fraction of sp³-hybridized carbons (Fsp3) is 0.889. The van der Waals surface area contributed by atoms with Gasteiger partial charge >= 0.3 is 0 Å². The van der Waals surface area contributed by atoms with E-state index in [1.54, 1.807) is 0 Å². The highest BCUT2D eigenvalue weighted by atomic mass is 16.3. The molecule has 0 spiro atoms. The van der Waals surface area contributed by atoms with E-state index in [-0.39, 0.29) is 11.7 Å². The van der Waals surface area contributed by atoms with Crippen LogP contribution in [0.15, 0.2) is 0 Å². The molecule has 0 saturated carbocycles. The van der Waals surface area contributed by atoms with E-state index >= 15 is 0 Å². The number of aliphatic hydroxyl groups excluding tert-OH is 1. The third-order valence-corrected chi connectivity index (χ3v) is 1.57. The summed E-state index contributed by atoms with van der Waals surface area (Å²) in [7, 11) is 0. The molecule has 0 fully saturated rings. The Kier molecular flexibility index (Phi) is 4.34. The molecule has 11 heavy (non-hydrogen) atoms. The lowest BCUT2D eigenvalue weighted by Crippen LogP contribution is -2.26. The zero-order valence-electron chi connectivity index (χ0n) is 7.79. The molecule has 2 heteroatoms. The van der Waals surface area contributed by atoms with Gasteiger partial charge in [0.2, 0.25) is 0 Å². The van der Waals surface area contributed by atoms with Gasteiger partial charge in [-0.1, -0.05) is 27.7 Å². The minimum absolute atomic E-state index is 0.0324. The van der Waals surface area contributed by atoms with Gasteiger partial charge in [0.1, 0.15) is 6.10 Å². The van der Waals surface area contributed by atoms with Crippen LogP contribution in [0.1, 0.15) is 34.1 Å². The summed E-state index contributed by atoms with van der Waals surface area (Å²) in [6.07, 6.45) is -0.281. The summed E-state index contributed by atoms with van der Waals surface area (Å²) in [6, 6.07) is 0. The number of hydrogen-bond acceptors (Lipinski definition) is 2. The van der Waals surface area contributed by atoms with E-state index in [0.29, 0.717) is 12.3 Å². The highest BCUT2D eigenvalue weighted by Gasteiger charge is 2.18. The predicted octanol–water partition coefficient (Wildman–Crippen LogP) is 1.62. The number of carbonyl (C=O) groups is 1. The average Bonchev–Trinajstić information content (AvgIpc) is 1.84. The first kappa shape index (κ1) is 10.6. The Morgan fingerprint density at radius 1 is 1.27 bits per heavy atom. The van der Waals surface area contributed by atoms with Gasteiger partial charge in [-0.2, -0.15) is 0 Å². The highest BCUT2D eigenvalue weighted by Crippen LogP contribution is 2.08. The van der Waals surface area contributed by atoms with E-state index in [2.05, 4.69) is 0 Å². The van der Waals surface area contributed by atoms with Crippen LogP contribution in [0.2, 0.25) is 0 Å². The van der Waals surface area contributed by atoms with Gasteiger partial charge in [-0.25, -0.2) is 0 Å². The van der Waals surface area contributed by atoms with Crippen LogP contribution in [-0.2, 0) is 4.79 Å². The quantitative estimate of drug-likeness (QED) is 0.675. The molecule has 0 amide bonds. The molecule has 0 aliphatic heterocycles. The third kappa shape index (κ3) is 4.14. The molecule has 0 radical (unpaired) electrons. The number of hydrogen-bond donors (Lipinski definition) is 1. The first-order chi connectivity index (χ1) is 4.95.